The van der Waals surface area contributed by atoms with Crippen LogP contribution in [0.1, 0.15) is 31.1 Å². The lowest BCUT2D eigenvalue weighted by molar-refractivity contribution is 0.0940. The van der Waals surface area contributed by atoms with Crippen LogP contribution in [-0.2, 0) is 10.6 Å². The number of imidazole rings is 1. The highest BCUT2D eigenvalue weighted by Gasteiger charge is 2.42. The van der Waals surface area contributed by atoms with Gasteiger partial charge in [-0.15, -0.1) is 11.6 Å². The molecule has 3 heterocycles. The lowest BCUT2D eigenvalue weighted by Crippen LogP contribution is -2.22. The molecule has 6 heteroatoms. The van der Waals surface area contributed by atoms with E-state index in [2.05, 4.69) is 9.55 Å². The first kappa shape index (κ1) is 13.3. The number of alkyl halides is 1. The number of benzene rings is 1. The Hall–Kier alpha value is -0.400. The Bertz CT molecular complexity index is 689. The molecule has 2 aromatic rings. The van der Waals surface area contributed by atoms with E-state index in [1.54, 1.807) is 12.1 Å². The summed E-state index contributed by atoms with van der Waals surface area (Å²) in [6, 6.07) is 3.60. The Morgan fingerprint density at radius 3 is 2.95 bits per heavy atom. The Morgan fingerprint density at radius 2 is 2.30 bits per heavy atom. The summed E-state index contributed by atoms with van der Waals surface area (Å²) < 4.78 is 22.5. The van der Waals surface area contributed by atoms with Crippen molar-refractivity contribution in [2.75, 3.05) is 0 Å². The highest BCUT2D eigenvalue weighted by Crippen LogP contribution is 2.43. The van der Waals surface area contributed by atoms with Crippen molar-refractivity contribution >= 4 is 45.2 Å². The molecule has 4 rings (SSSR count). The van der Waals surface area contributed by atoms with Gasteiger partial charge in [0.15, 0.2) is 0 Å². The summed E-state index contributed by atoms with van der Waals surface area (Å²) in [5.74, 6) is 0.939. The summed E-state index contributed by atoms with van der Waals surface area (Å²) in [6.07, 6.45) is 3.76. The van der Waals surface area contributed by atoms with Crippen molar-refractivity contribution in [3.05, 3.63) is 27.3 Å². The average molecular weight is 407 g/mol. The van der Waals surface area contributed by atoms with Crippen molar-refractivity contribution in [1.82, 2.24) is 9.55 Å². The molecular weight excluding hydrogens is 394 g/mol. The maximum Gasteiger partial charge on any atom is 0.138 e. The molecule has 2 aliphatic rings. The molecule has 2 fully saturated rings. The molecule has 3 nitrogen and oxygen atoms in total. The van der Waals surface area contributed by atoms with E-state index in [0.717, 1.165) is 36.1 Å². The van der Waals surface area contributed by atoms with Gasteiger partial charge in [0.25, 0.3) is 0 Å². The van der Waals surface area contributed by atoms with E-state index in [4.69, 9.17) is 16.3 Å². The van der Waals surface area contributed by atoms with Crippen LogP contribution in [0.2, 0.25) is 0 Å². The van der Waals surface area contributed by atoms with Crippen LogP contribution in [0, 0.1) is 9.39 Å². The molecule has 0 aliphatic carbocycles. The summed E-state index contributed by atoms with van der Waals surface area (Å²) in [7, 11) is 0. The van der Waals surface area contributed by atoms with Gasteiger partial charge in [-0.3, -0.25) is 0 Å². The fraction of sp³-hybridized carbons (Fsp3) is 0.500. The summed E-state index contributed by atoms with van der Waals surface area (Å²) in [5, 5.41) is 0. The van der Waals surface area contributed by atoms with Crippen molar-refractivity contribution < 1.29 is 9.13 Å². The first-order chi connectivity index (χ1) is 9.67. The minimum absolute atomic E-state index is 0.204. The molecule has 0 spiro atoms. The molecule has 2 aliphatic heterocycles. The molecule has 1 aromatic carbocycles. The van der Waals surface area contributed by atoms with Gasteiger partial charge in [-0.05, 0) is 47.9 Å². The number of aromatic nitrogens is 2. The van der Waals surface area contributed by atoms with Crippen molar-refractivity contribution in [3.63, 3.8) is 0 Å². The molecule has 0 N–H and O–H groups in total. The quantitative estimate of drug-likeness (QED) is 0.557. The topological polar surface area (TPSA) is 27.1 Å². The number of ether oxygens (including phenoxy) is 1. The predicted molar refractivity (Wildman–Crippen MR) is 83.5 cm³/mol. The van der Waals surface area contributed by atoms with E-state index in [-0.39, 0.29) is 18.0 Å². The van der Waals surface area contributed by atoms with Gasteiger partial charge in [0.2, 0.25) is 0 Å². The summed E-state index contributed by atoms with van der Waals surface area (Å²) >= 11 is 8.03. The van der Waals surface area contributed by atoms with Crippen LogP contribution in [0.15, 0.2) is 12.1 Å². The van der Waals surface area contributed by atoms with Gasteiger partial charge in [0.05, 0.1) is 38.7 Å². The van der Waals surface area contributed by atoms with E-state index in [9.17, 15) is 4.39 Å². The van der Waals surface area contributed by atoms with E-state index < -0.39 is 0 Å². The smallest absolute Gasteiger partial charge is 0.138 e. The summed E-state index contributed by atoms with van der Waals surface area (Å²) in [4.78, 5) is 4.57. The van der Waals surface area contributed by atoms with Crippen LogP contribution in [0.25, 0.3) is 11.0 Å². The van der Waals surface area contributed by atoms with Gasteiger partial charge in [-0.2, -0.15) is 0 Å². The maximum absolute atomic E-state index is 13.9. The fourth-order valence-electron chi connectivity index (χ4n) is 3.49. The fourth-order valence-corrected chi connectivity index (χ4v) is 4.13. The van der Waals surface area contributed by atoms with Crippen LogP contribution in [0.3, 0.4) is 0 Å². The van der Waals surface area contributed by atoms with Gasteiger partial charge in [-0.25, -0.2) is 9.37 Å². The van der Waals surface area contributed by atoms with E-state index in [0.29, 0.717) is 15.6 Å². The van der Waals surface area contributed by atoms with Crippen molar-refractivity contribution in [2.45, 2.75) is 43.4 Å². The Balaban J connectivity index is 1.90. The van der Waals surface area contributed by atoms with E-state index in [1.165, 1.54) is 0 Å². The van der Waals surface area contributed by atoms with Crippen LogP contribution in [0.4, 0.5) is 4.39 Å². The average Bonchev–Trinajstić information content (AvgIpc) is 3.12. The molecule has 0 saturated carbocycles. The number of hydrogen-bond acceptors (Lipinski definition) is 2. The lowest BCUT2D eigenvalue weighted by Gasteiger charge is -2.22. The van der Waals surface area contributed by atoms with Crippen molar-refractivity contribution in [3.8, 4) is 0 Å². The second-order valence-electron chi connectivity index (χ2n) is 5.46. The molecule has 1 aromatic heterocycles. The summed E-state index contributed by atoms with van der Waals surface area (Å²) in [5.41, 5.74) is 1.65. The molecule has 106 valence electrons. The zero-order chi connectivity index (χ0) is 13.9. The highest BCUT2D eigenvalue weighted by atomic mass is 127. The molecule has 20 heavy (non-hydrogen) atoms. The number of nitrogens with zero attached hydrogens (tertiary/aromatic N) is 2. The van der Waals surface area contributed by atoms with Crippen molar-refractivity contribution in [2.24, 2.45) is 0 Å². The number of halogens is 3. The molecule has 3 unspecified atom stereocenters. The number of fused-ring (bicyclic) bond motifs is 3. The third-order valence-electron chi connectivity index (χ3n) is 4.33. The van der Waals surface area contributed by atoms with Crippen LogP contribution < -0.4 is 0 Å². The first-order valence-corrected chi connectivity index (χ1v) is 8.36. The Kier molecular flexibility index (Phi) is 3.19. The third-order valence-corrected chi connectivity index (χ3v) is 5.40. The van der Waals surface area contributed by atoms with Crippen LogP contribution in [-0.4, -0.2) is 21.8 Å². The van der Waals surface area contributed by atoms with E-state index in [1.807, 2.05) is 22.6 Å². The van der Waals surface area contributed by atoms with Gasteiger partial charge >= 0.3 is 0 Å². The van der Waals surface area contributed by atoms with Gasteiger partial charge in [0, 0.05) is 6.07 Å². The van der Waals surface area contributed by atoms with Crippen LogP contribution in [0.5, 0.6) is 0 Å². The second kappa shape index (κ2) is 4.81. The molecule has 3 atom stereocenters. The molecule has 0 radical (unpaired) electrons. The molecule has 0 amide bonds. The van der Waals surface area contributed by atoms with Gasteiger partial charge in [-0.1, -0.05) is 0 Å². The molecular formula is C14H13ClFIN2O. The summed E-state index contributed by atoms with van der Waals surface area (Å²) in [6.45, 7) is 0. The normalized spacial score (nSPS) is 28.6. The second-order valence-corrected chi connectivity index (χ2v) is 6.89. The molecule has 2 saturated heterocycles. The maximum atomic E-state index is 13.9. The SMILES string of the molecule is Fc1cc2c(cc1I)nc(CCl)n2C1CC2CCC1O2. The highest BCUT2D eigenvalue weighted by molar-refractivity contribution is 14.1. The zero-order valence-electron chi connectivity index (χ0n) is 10.7. The van der Waals surface area contributed by atoms with Gasteiger partial charge < -0.3 is 9.30 Å². The predicted octanol–water partition coefficient (Wildman–Crippen LogP) is 4.01. The van der Waals surface area contributed by atoms with Crippen LogP contribution >= 0.6 is 34.2 Å². The largest absolute Gasteiger partial charge is 0.373 e. The van der Waals surface area contributed by atoms with Gasteiger partial charge in [0.1, 0.15) is 11.6 Å². The minimum atomic E-state index is -0.204. The number of hydrogen-bond donors (Lipinski definition) is 0. The number of rotatable bonds is 2. The van der Waals surface area contributed by atoms with E-state index >= 15 is 0 Å². The Labute approximate surface area is 134 Å². The van der Waals surface area contributed by atoms with Crippen molar-refractivity contribution in [1.29, 1.82) is 0 Å². The molecule has 2 bridgehead atoms. The standard InChI is InChI=1S/C14H13ClFIN2O/c15-6-14-18-10-5-9(17)8(16)4-11(10)19(14)12-3-7-1-2-13(12)20-7/h4-5,7,12-13H,1-3,6H2. The first-order valence-electron chi connectivity index (χ1n) is 6.74. The lowest BCUT2D eigenvalue weighted by atomic mass is 9.95. The minimum Gasteiger partial charge on any atom is -0.373 e. The third kappa shape index (κ3) is 1.89. The Morgan fingerprint density at radius 1 is 1.45 bits per heavy atom. The monoisotopic (exact) mass is 406 g/mol. The zero-order valence-corrected chi connectivity index (χ0v) is 13.6.